The van der Waals surface area contributed by atoms with Crippen molar-refractivity contribution in [3.8, 4) is 0 Å². The number of dihydropyridines is 1. The van der Waals surface area contributed by atoms with E-state index in [2.05, 4.69) is 15.6 Å². The number of fused-ring (bicyclic) bond motifs is 1. The highest BCUT2D eigenvalue weighted by Gasteiger charge is 2.38. The SMILES string of the molecule is COC(=O)C1=C(C)NC(C)=C(C(=O)OC)C1c1cccc2nonc12. The summed E-state index contributed by atoms with van der Waals surface area (Å²) in [5.41, 5.74) is 3.41. The van der Waals surface area contributed by atoms with Crippen LogP contribution in [0.5, 0.6) is 0 Å². The van der Waals surface area contributed by atoms with E-state index in [1.165, 1.54) is 14.2 Å². The van der Waals surface area contributed by atoms with Crippen molar-refractivity contribution in [1.82, 2.24) is 15.6 Å². The van der Waals surface area contributed by atoms with Gasteiger partial charge < -0.3 is 14.8 Å². The number of carbonyl (C=O) groups excluding carboxylic acids is 2. The first kappa shape index (κ1) is 16.7. The molecule has 2 aromatic rings. The van der Waals surface area contributed by atoms with Crippen molar-refractivity contribution in [2.24, 2.45) is 0 Å². The summed E-state index contributed by atoms with van der Waals surface area (Å²) in [5.74, 6) is -1.80. The number of esters is 2. The predicted molar refractivity (Wildman–Crippen MR) is 87.1 cm³/mol. The number of hydrogen-bond donors (Lipinski definition) is 1. The van der Waals surface area contributed by atoms with Crippen LogP contribution in [0.25, 0.3) is 11.0 Å². The Morgan fingerprint density at radius 1 is 1.04 bits per heavy atom. The van der Waals surface area contributed by atoms with Crippen LogP contribution in [0.4, 0.5) is 0 Å². The van der Waals surface area contributed by atoms with Crippen LogP contribution in [-0.4, -0.2) is 36.5 Å². The number of carbonyl (C=O) groups is 2. The Balaban J connectivity index is 2.31. The zero-order valence-electron chi connectivity index (χ0n) is 14.2. The van der Waals surface area contributed by atoms with Crippen LogP contribution in [0, 0.1) is 0 Å². The Hall–Kier alpha value is -3.16. The van der Waals surface area contributed by atoms with E-state index >= 15 is 0 Å². The summed E-state index contributed by atoms with van der Waals surface area (Å²) in [6.07, 6.45) is 0. The Morgan fingerprint density at radius 2 is 1.64 bits per heavy atom. The molecule has 130 valence electrons. The molecule has 0 aliphatic carbocycles. The lowest BCUT2D eigenvalue weighted by Crippen LogP contribution is -2.32. The van der Waals surface area contributed by atoms with Crippen molar-refractivity contribution >= 4 is 23.0 Å². The monoisotopic (exact) mass is 343 g/mol. The van der Waals surface area contributed by atoms with Gasteiger partial charge in [0.15, 0.2) is 0 Å². The summed E-state index contributed by atoms with van der Waals surface area (Å²) in [7, 11) is 2.59. The van der Waals surface area contributed by atoms with Gasteiger partial charge in [-0.3, -0.25) is 0 Å². The van der Waals surface area contributed by atoms with E-state index in [9.17, 15) is 9.59 Å². The molecule has 0 bridgehead atoms. The largest absolute Gasteiger partial charge is 0.466 e. The van der Waals surface area contributed by atoms with Gasteiger partial charge in [-0.2, -0.15) is 0 Å². The number of ether oxygens (including phenoxy) is 2. The minimum Gasteiger partial charge on any atom is -0.466 e. The topological polar surface area (TPSA) is 104 Å². The number of aromatic nitrogens is 2. The Kier molecular flexibility index (Phi) is 4.26. The Labute approximate surface area is 143 Å². The van der Waals surface area contributed by atoms with Crippen LogP contribution in [0.3, 0.4) is 0 Å². The van der Waals surface area contributed by atoms with Gasteiger partial charge in [-0.05, 0) is 35.8 Å². The first-order valence-corrected chi connectivity index (χ1v) is 7.56. The van der Waals surface area contributed by atoms with E-state index in [1.54, 1.807) is 32.0 Å². The molecule has 0 fully saturated rings. The summed E-state index contributed by atoms with van der Waals surface area (Å²) >= 11 is 0. The number of rotatable bonds is 3. The van der Waals surface area contributed by atoms with E-state index in [-0.39, 0.29) is 0 Å². The summed E-state index contributed by atoms with van der Waals surface area (Å²) in [4.78, 5) is 24.9. The summed E-state index contributed by atoms with van der Waals surface area (Å²) in [5, 5.41) is 10.8. The fourth-order valence-electron chi connectivity index (χ4n) is 3.13. The maximum Gasteiger partial charge on any atom is 0.336 e. The van der Waals surface area contributed by atoms with E-state index in [4.69, 9.17) is 14.1 Å². The molecule has 0 saturated carbocycles. The molecule has 8 nitrogen and oxygen atoms in total. The van der Waals surface area contributed by atoms with Crippen LogP contribution in [0.2, 0.25) is 0 Å². The number of methoxy groups -OCH3 is 2. The summed E-state index contributed by atoms with van der Waals surface area (Å²) in [6, 6.07) is 5.27. The minimum atomic E-state index is -0.711. The second-order valence-corrected chi connectivity index (χ2v) is 5.60. The van der Waals surface area contributed by atoms with Crippen LogP contribution < -0.4 is 5.32 Å². The first-order valence-electron chi connectivity index (χ1n) is 7.56. The maximum atomic E-state index is 12.4. The molecule has 3 rings (SSSR count). The zero-order valence-corrected chi connectivity index (χ0v) is 14.2. The molecular formula is C17H17N3O5. The average molecular weight is 343 g/mol. The molecule has 1 aliphatic rings. The molecule has 0 unspecified atom stereocenters. The van der Waals surface area contributed by atoms with Crippen molar-refractivity contribution in [2.45, 2.75) is 19.8 Å². The zero-order chi connectivity index (χ0) is 18.1. The molecule has 0 spiro atoms. The molecule has 1 N–H and O–H groups in total. The highest BCUT2D eigenvalue weighted by molar-refractivity contribution is 6.01. The standard InChI is InChI=1S/C17H17N3O5/c1-8-12(16(21)23-3)14(13(9(2)18-8)17(22)24-4)10-6-5-7-11-15(10)20-25-19-11/h5-7,14,18H,1-4H3. The van der Waals surface area contributed by atoms with Gasteiger partial charge in [0.2, 0.25) is 0 Å². The van der Waals surface area contributed by atoms with Crippen LogP contribution in [-0.2, 0) is 19.1 Å². The Bertz CT molecular complexity index is 887. The average Bonchev–Trinajstić information content (AvgIpc) is 3.08. The van der Waals surface area contributed by atoms with E-state index in [1.807, 2.05) is 0 Å². The molecule has 8 heteroatoms. The third-order valence-electron chi connectivity index (χ3n) is 4.20. The molecule has 0 radical (unpaired) electrons. The van der Waals surface area contributed by atoms with Crippen LogP contribution in [0.15, 0.2) is 45.4 Å². The normalized spacial score (nSPS) is 15.4. The Morgan fingerprint density at radius 3 is 2.20 bits per heavy atom. The quantitative estimate of drug-likeness (QED) is 0.842. The molecule has 1 aromatic heterocycles. The lowest BCUT2D eigenvalue weighted by atomic mass is 9.80. The fraction of sp³-hybridized carbons (Fsp3) is 0.294. The van der Waals surface area contributed by atoms with Gasteiger partial charge in [0.1, 0.15) is 11.0 Å². The van der Waals surface area contributed by atoms with Crippen molar-refractivity contribution < 1.29 is 23.7 Å². The number of nitrogens with zero attached hydrogens (tertiary/aromatic N) is 2. The summed E-state index contributed by atoms with van der Waals surface area (Å²) < 4.78 is 14.7. The molecule has 0 amide bonds. The second-order valence-electron chi connectivity index (χ2n) is 5.60. The van der Waals surface area contributed by atoms with Crippen molar-refractivity contribution in [1.29, 1.82) is 0 Å². The van der Waals surface area contributed by atoms with E-state index < -0.39 is 17.9 Å². The first-order chi connectivity index (χ1) is 12.0. The lowest BCUT2D eigenvalue weighted by molar-refractivity contribution is -0.137. The number of benzene rings is 1. The predicted octanol–water partition coefficient (Wildman–Crippen LogP) is 1.80. The number of nitrogens with one attached hydrogen (secondary N) is 1. The maximum absolute atomic E-state index is 12.4. The number of hydrogen-bond acceptors (Lipinski definition) is 8. The van der Waals surface area contributed by atoms with Gasteiger partial charge in [-0.25, -0.2) is 14.2 Å². The molecule has 25 heavy (non-hydrogen) atoms. The molecule has 0 saturated heterocycles. The second kappa shape index (κ2) is 6.39. The smallest absolute Gasteiger partial charge is 0.336 e. The molecular weight excluding hydrogens is 326 g/mol. The van der Waals surface area contributed by atoms with Gasteiger partial charge in [-0.15, -0.1) is 0 Å². The van der Waals surface area contributed by atoms with Crippen LogP contribution in [0.1, 0.15) is 25.3 Å². The highest BCUT2D eigenvalue weighted by atomic mass is 16.6. The van der Waals surface area contributed by atoms with Crippen molar-refractivity contribution in [3.63, 3.8) is 0 Å². The van der Waals surface area contributed by atoms with Gasteiger partial charge in [-0.1, -0.05) is 12.1 Å². The van der Waals surface area contributed by atoms with E-state index in [0.717, 1.165) is 0 Å². The van der Waals surface area contributed by atoms with Gasteiger partial charge in [0, 0.05) is 11.4 Å². The number of allylic oxidation sites excluding steroid dienone is 2. The third-order valence-corrected chi connectivity index (χ3v) is 4.20. The van der Waals surface area contributed by atoms with E-state index in [0.29, 0.717) is 39.1 Å². The minimum absolute atomic E-state index is 0.309. The van der Waals surface area contributed by atoms with Crippen molar-refractivity contribution in [2.75, 3.05) is 14.2 Å². The molecule has 1 aliphatic heterocycles. The molecule has 1 aromatic carbocycles. The van der Waals surface area contributed by atoms with Crippen molar-refractivity contribution in [3.05, 3.63) is 46.3 Å². The van der Waals surface area contributed by atoms with Crippen LogP contribution >= 0.6 is 0 Å². The highest BCUT2D eigenvalue weighted by Crippen LogP contribution is 2.41. The molecule has 0 atom stereocenters. The molecule has 2 heterocycles. The van der Waals surface area contributed by atoms with Gasteiger partial charge in [0.25, 0.3) is 0 Å². The fourth-order valence-corrected chi connectivity index (χ4v) is 3.13. The van der Waals surface area contributed by atoms with Gasteiger partial charge >= 0.3 is 11.9 Å². The van der Waals surface area contributed by atoms with Gasteiger partial charge in [0.05, 0.1) is 31.3 Å². The third kappa shape index (κ3) is 2.65. The summed E-state index contributed by atoms with van der Waals surface area (Å²) in [6.45, 7) is 3.50. The lowest BCUT2D eigenvalue weighted by Gasteiger charge is -2.29.